The van der Waals surface area contributed by atoms with Crippen LogP contribution < -0.4 is 20.8 Å². The minimum Gasteiger partial charge on any atom is -0.497 e. The number of hydrogen-bond acceptors (Lipinski definition) is 7. The second kappa shape index (κ2) is 9.67. The number of carbonyl (C=O) groups is 5. The molecule has 5 amide bonds. The molecule has 0 aromatic heterocycles. The lowest BCUT2D eigenvalue weighted by atomic mass is 9.77. The first kappa shape index (κ1) is 23.0. The summed E-state index contributed by atoms with van der Waals surface area (Å²) in [7, 11) is 1.47. The maximum Gasteiger partial charge on any atom is 0.344 e. The number of hydrazine groups is 1. The number of imide groups is 1. The first-order chi connectivity index (χ1) is 15.2. The van der Waals surface area contributed by atoms with E-state index in [1.807, 2.05) is 0 Å². The summed E-state index contributed by atoms with van der Waals surface area (Å²) >= 11 is 0. The standard InChI is InChI=1S/C21H26N4O7/c1-13-6-8-21(9-7-13)19(29)25(20(30)23-21)24-16(26)12-32-17(27)11-22-18(28)14-4-3-5-15(10-14)31-2/h3-5,10,13H,6-9,11-12H2,1-2H3,(H,22,28)(H,23,30)(H,24,26). The molecule has 3 N–H and O–H groups in total. The molecule has 1 heterocycles. The molecular weight excluding hydrogens is 420 g/mol. The van der Waals surface area contributed by atoms with Gasteiger partial charge in [-0.2, -0.15) is 5.01 Å². The van der Waals surface area contributed by atoms with Crippen LogP contribution in [0.25, 0.3) is 0 Å². The molecule has 0 bridgehead atoms. The molecule has 11 nitrogen and oxygen atoms in total. The highest BCUT2D eigenvalue weighted by Gasteiger charge is 2.52. The number of nitrogens with one attached hydrogen (secondary N) is 3. The van der Waals surface area contributed by atoms with Gasteiger partial charge >= 0.3 is 12.0 Å². The van der Waals surface area contributed by atoms with E-state index in [9.17, 15) is 24.0 Å². The van der Waals surface area contributed by atoms with E-state index in [0.29, 0.717) is 35.1 Å². The first-order valence-corrected chi connectivity index (χ1v) is 10.3. The van der Waals surface area contributed by atoms with E-state index >= 15 is 0 Å². The Morgan fingerprint density at radius 3 is 2.62 bits per heavy atom. The molecule has 1 spiro atoms. The summed E-state index contributed by atoms with van der Waals surface area (Å²) in [5.41, 5.74) is 1.48. The smallest absolute Gasteiger partial charge is 0.344 e. The van der Waals surface area contributed by atoms with Gasteiger partial charge in [-0.15, -0.1) is 0 Å². The highest BCUT2D eigenvalue weighted by Crippen LogP contribution is 2.35. The van der Waals surface area contributed by atoms with Gasteiger partial charge in [0.05, 0.1) is 7.11 Å². The third-order valence-corrected chi connectivity index (χ3v) is 5.62. The monoisotopic (exact) mass is 446 g/mol. The summed E-state index contributed by atoms with van der Waals surface area (Å²) in [5, 5.41) is 5.68. The zero-order valence-electron chi connectivity index (χ0n) is 17.9. The van der Waals surface area contributed by atoms with Crippen LogP contribution in [-0.4, -0.2) is 60.5 Å². The largest absolute Gasteiger partial charge is 0.497 e. The molecule has 2 aliphatic rings. The lowest BCUT2D eigenvalue weighted by Crippen LogP contribution is -2.52. The second-order valence-electron chi connectivity index (χ2n) is 7.95. The Bertz CT molecular complexity index is 924. The fourth-order valence-electron chi connectivity index (χ4n) is 3.69. The van der Waals surface area contributed by atoms with Crippen LogP contribution in [0.5, 0.6) is 5.75 Å². The van der Waals surface area contributed by atoms with Crippen LogP contribution in [0.1, 0.15) is 43.0 Å². The molecule has 1 saturated carbocycles. The quantitative estimate of drug-likeness (QED) is 0.409. The lowest BCUT2D eigenvalue weighted by Gasteiger charge is -2.33. The number of hydrogen-bond donors (Lipinski definition) is 3. The average molecular weight is 446 g/mol. The van der Waals surface area contributed by atoms with Crippen molar-refractivity contribution in [1.29, 1.82) is 0 Å². The molecule has 2 fully saturated rings. The number of nitrogens with zero attached hydrogens (tertiary/aromatic N) is 1. The van der Waals surface area contributed by atoms with Crippen molar-refractivity contribution in [2.75, 3.05) is 20.3 Å². The van der Waals surface area contributed by atoms with Gasteiger partial charge in [0.15, 0.2) is 6.61 Å². The van der Waals surface area contributed by atoms with Crippen LogP contribution in [0, 0.1) is 5.92 Å². The molecule has 172 valence electrons. The summed E-state index contributed by atoms with van der Waals surface area (Å²) in [6, 6.07) is 5.64. The second-order valence-corrected chi connectivity index (χ2v) is 7.95. The third-order valence-electron chi connectivity index (χ3n) is 5.62. The Kier molecular flexibility index (Phi) is 6.96. The number of rotatable bonds is 7. The molecule has 1 saturated heterocycles. The number of methoxy groups -OCH3 is 1. The van der Waals surface area contributed by atoms with Gasteiger partial charge in [0, 0.05) is 5.56 Å². The topological polar surface area (TPSA) is 143 Å². The molecule has 32 heavy (non-hydrogen) atoms. The van der Waals surface area contributed by atoms with Crippen molar-refractivity contribution in [2.45, 2.75) is 38.1 Å². The number of carbonyl (C=O) groups excluding carboxylic acids is 5. The van der Waals surface area contributed by atoms with E-state index in [0.717, 1.165) is 12.8 Å². The van der Waals surface area contributed by atoms with Crippen molar-refractivity contribution in [3.63, 3.8) is 0 Å². The summed E-state index contributed by atoms with van der Waals surface area (Å²) in [6.07, 6.45) is 2.61. The van der Waals surface area contributed by atoms with Crippen LogP contribution in [0.4, 0.5) is 4.79 Å². The zero-order valence-corrected chi connectivity index (χ0v) is 17.9. The minimum absolute atomic E-state index is 0.291. The van der Waals surface area contributed by atoms with Gasteiger partial charge in [0.25, 0.3) is 17.7 Å². The van der Waals surface area contributed by atoms with Gasteiger partial charge in [-0.1, -0.05) is 13.0 Å². The molecule has 0 unspecified atom stereocenters. The summed E-state index contributed by atoms with van der Waals surface area (Å²) < 4.78 is 9.84. The van der Waals surface area contributed by atoms with Crippen LogP contribution in [0.15, 0.2) is 24.3 Å². The number of ether oxygens (including phenoxy) is 2. The Hall–Kier alpha value is -3.63. The summed E-state index contributed by atoms with van der Waals surface area (Å²) in [4.78, 5) is 60.9. The van der Waals surface area contributed by atoms with Crippen LogP contribution in [0.2, 0.25) is 0 Å². The average Bonchev–Trinajstić information content (AvgIpc) is 3.02. The van der Waals surface area contributed by atoms with Crippen LogP contribution in [0.3, 0.4) is 0 Å². The molecule has 11 heteroatoms. The maximum atomic E-state index is 12.7. The third kappa shape index (κ3) is 5.16. The number of benzene rings is 1. The van der Waals surface area contributed by atoms with Crippen molar-refractivity contribution in [2.24, 2.45) is 5.92 Å². The fourth-order valence-corrected chi connectivity index (χ4v) is 3.69. The van der Waals surface area contributed by atoms with Gasteiger partial charge in [-0.3, -0.25) is 24.6 Å². The van der Waals surface area contributed by atoms with Crippen molar-refractivity contribution < 1.29 is 33.4 Å². The highest BCUT2D eigenvalue weighted by molar-refractivity contribution is 6.08. The Labute approximate surface area is 184 Å². The number of amides is 5. The van der Waals surface area contributed by atoms with E-state index < -0.39 is 48.4 Å². The Morgan fingerprint density at radius 2 is 1.94 bits per heavy atom. The van der Waals surface area contributed by atoms with Crippen molar-refractivity contribution >= 4 is 29.7 Å². The highest BCUT2D eigenvalue weighted by atomic mass is 16.5. The molecule has 1 aromatic carbocycles. The number of esters is 1. The molecular formula is C21H26N4O7. The van der Waals surface area contributed by atoms with E-state index in [1.165, 1.54) is 13.2 Å². The molecule has 3 rings (SSSR count). The van der Waals surface area contributed by atoms with E-state index in [1.54, 1.807) is 18.2 Å². The predicted molar refractivity (Wildman–Crippen MR) is 110 cm³/mol. The van der Waals surface area contributed by atoms with Gasteiger partial charge in [-0.25, -0.2) is 4.79 Å². The predicted octanol–water partition coefficient (Wildman–Crippen LogP) is 0.500. The fraction of sp³-hybridized carbons (Fsp3) is 0.476. The van der Waals surface area contributed by atoms with Gasteiger partial charge in [-0.05, 0) is 49.8 Å². The van der Waals surface area contributed by atoms with Crippen molar-refractivity contribution in [3.8, 4) is 5.75 Å². The Balaban J connectivity index is 1.43. The molecule has 1 aliphatic carbocycles. The van der Waals surface area contributed by atoms with Gasteiger partial charge < -0.3 is 20.1 Å². The summed E-state index contributed by atoms with van der Waals surface area (Å²) in [5.74, 6) is -1.77. The maximum absolute atomic E-state index is 12.7. The zero-order chi connectivity index (χ0) is 23.3. The number of urea groups is 1. The molecule has 1 aromatic rings. The van der Waals surface area contributed by atoms with E-state index in [2.05, 4.69) is 23.0 Å². The SMILES string of the molecule is COc1cccc(C(=O)NCC(=O)OCC(=O)NN2C(=O)NC3(CCC(C)CC3)C2=O)c1. The van der Waals surface area contributed by atoms with E-state index in [-0.39, 0.29) is 0 Å². The molecule has 0 radical (unpaired) electrons. The van der Waals surface area contributed by atoms with Crippen LogP contribution in [-0.2, 0) is 19.1 Å². The van der Waals surface area contributed by atoms with Gasteiger partial charge in [0.2, 0.25) is 0 Å². The lowest BCUT2D eigenvalue weighted by molar-refractivity contribution is -0.150. The normalized spacial score (nSPS) is 22.3. The van der Waals surface area contributed by atoms with Crippen LogP contribution >= 0.6 is 0 Å². The Morgan fingerprint density at radius 1 is 1.22 bits per heavy atom. The minimum atomic E-state index is -0.988. The first-order valence-electron chi connectivity index (χ1n) is 10.3. The molecule has 0 atom stereocenters. The molecule has 1 aliphatic heterocycles. The van der Waals surface area contributed by atoms with Crippen molar-refractivity contribution in [1.82, 2.24) is 21.1 Å². The van der Waals surface area contributed by atoms with Crippen molar-refractivity contribution in [3.05, 3.63) is 29.8 Å². The van der Waals surface area contributed by atoms with Gasteiger partial charge in [0.1, 0.15) is 17.8 Å². The summed E-state index contributed by atoms with van der Waals surface area (Å²) in [6.45, 7) is 0.907. The van der Waals surface area contributed by atoms with E-state index in [4.69, 9.17) is 9.47 Å².